The lowest BCUT2D eigenvalue weighted by molar-refractivity contribution is 0.600. The monoisotopic (exact) mass is 330 g/mol. The predicted molar refractivity (Wildman–Crippen MR) is 81.6 cm³/mol. The fourth-order valence-electron chi connectivity index (χ4n) is 1.71. The van der Waals surface area contributed by atoms with Gasteiger partial charge in [-0.15, -0.1) is 0 Å². The summed E-state index contributed by atoms with van der Waals surface area (Å²) in [5, 5.41) is 0.659. The van der Waals surface area contributed by atoms with E-state index in [2.05, 4.69) is 4.72 Å². The number of benzene rings is 2. The van der Waals surface area contributed by atoms with Crippen LogP contribution in [-0.2, 0) is 16.6 Å². The molecule has 20 heavy (non-hydrogen) atoms. The van der Waals surface area contributed by atoms with Crippen LogP contribution in [0.5, 0.6) is 0 Å². The highest BCUT2D eigenvalue weighted by Gasteiger charge is 2.18. The summed E-state index contributed by atoms with van der Waals surface area (Å²) in [6.07, 6.45) is 0. The Kier molecular flexibility index (Phi) is 4.55. The van der Waals surface area contributed by atoms with Crippen LogP contribution in [0.4, 0.5) is 5.69 Å². The smallest absolute Gasteiger partial charge is 0.262 e. The fraction of sp³-hybridized carbons (Fsp3) is 0.0769. The van der Waals surface area contributed by atoms with Gasteiger partial charge in [0, 0.05) is 11.6 Å². The molecule has 0 amide bonds. The van der Waals surface area contributed by atoms with E-state index in [-0.39, 0.29) is 22.2 Å². The summed E-state index contributed by atoms with van der Waals surface area (Å²) in [6, 6.07) is 11.1. The van der Waals surface area contributed by atoms with Crippen molar-refractivity contribution in [1.29, 1.82) is 0 Å². The molecule has 106 valence electrons. The topological polar surface area (TPSA) is 72.2 Å². The first kappa shape index (κ1) is 15.1. The summed E-state index contributed by atoms with van der Waals surface area (Å²) in [5.41, 5.74) is 6.35. The predicted octanol–water partition coefficient (Wildman–Crippen LogP) is 3.25. The van der Waals surface area contributed by atoms with E-state index in [1.807, 2.05) is 0 Å². The van der Waals surface area contributed by atoms with Crippen molar-refractivity contribution in [3.63, 3.8) is 0 Å². The Bertz CT molecular complexity index is 733. The first-order chi connectivity index (χ1) is 9.44. The molecule has 2 rings (SSSR count). The van der Waals surface area contributed by atoms with Gasteiger partial charge in [-0.05, 0) is 29.8 Å². The average Bonchev–Trinajstić information content (AvgIpc) is 2.42. The second kappa shape index (κ2) is 6.01. The Morgan fingerprint density at radius 3 is 2.45 bits per heavy atom. The molecule has 0 aliphatic heterocycles. The van der Waals surface area contributed by atoms with Gasteiger partial charge in [-0.25, -0.2) is 8.42 Å². The van der Waals surface area contributed by atoms with E-state index in [0.29, 0.717) is 10.6 Å². The van der Waals surface area contributed by atoms with Crippen molar-refractivity contribution in [2.45, 2.75) is 11.4 Å². The van der Waals surface area contributed by atoms with Gasteiger partial charge in [-0.1, -0.05) is 41.4 Å². The molecule has 0 spiro atoms. The lowest BCUT2D eigenvalue weighted by atomic mass is 10.2. The second-order valence-corrected chi connectivity index (χ2v) is 6.54. The average molecular weight is 331 g/mol. The molecule has 0 aliphatic carbocycles. The van der Waals surface area contributed by atoms with Crippen molar-refractivity contribution in [2.24, 2.45) is 5.73 Å². The minimum Gasteiger partial charge on any atom is -0.326 e. The molecule has 0 saturated heterocycles. The summed E-state index contributed by atoms with van der Waals surface area (Å²) in [6.45, 7) is 0.130. The quantitative estimate of drug-likeness (QED) is 0.903. The maximum absolute atomic E-state index is 12.4. The molecule has 2 aromatic rings. The molecular formula is C13H12Cl2N2O2S. The summed E-state index contributed by atoms with van der Waals surface area (Å²) in [5.74, 6) is 0. The Labute approximate surface area is 127 Å². The highest BCUT2D eigenvalue weighted by Crippen LogP contribution is 2.28. The van der Waals surface area contributed by atoms with Crippen LogP contribution in [0.15, 0.2) is 47.4 Å². The number of rotatable bonds is 4. The third kappa shape index (κ3) is 3.24. The van der Waals surface area contributed by atoms with Crippen molar-refractivity contribution in [1.82, 2.24) is 0 Å². The standard InChI is InChI=1S/C13H12Cl2N2O2S/c14-10-5-6-12(11(15)7-10)17-20(18,19)13-4-2-1-3-9(13)8-16/h1-7,17H,8,16H2. The third-order valence-electron chi connectivity index (χ3n) is 2.66. The van der Waals surface area contributed by atoms with Crippen molar-refractivity contribution < 1.29 is 8.42 Å². The van der Waals surface area contributed by atoms with E-state index >= 15 is 0 Å². The van der Waals surface area contributed by atoms with Crippen LogP contribution in [0, 0.1) is 0 Å². The lowest BCUT2D eigenvalue weighted by Gasteiger charge is -2.12. The van der Waals surface area contributed by atoms with E-state index in [9.17, 15) is 8.42 Å². The Hall–Kier alpha value is -1.27. The largest absolute Gasteiger partial charge is 0.326 e. The molecule has 0 saturated carbocycles. The van der Waals surface area contributed by atoms with E-state index in [1.54, 1.807) is 24.3 Å². The molecule has 0 aliphatic rings. The number of sulfonamides is 1. The fourth-order valence-corrected chi connectivity index (χ4v) is 3.55. The zero-order valence-corrected chi connectivity index (χ0v) is 12.6. The van der Waals surface area contributed by atoms with Crippen molar-refractivity contribution in [3.8, 4) is 0 Å². The maximum atomic E-state index is 12.4. The van der Waals surface area contributed by atoms with Crippen molar-refractivity contribution >= 4 is 38.9 Å². The van der Waals surface area contributed by atoms with Crippen LogP contribution in [0.2, 0.25) is 10.0 Å². The molecule has 0 aromatic heterocycles. The highest BCUT2D eigenvalue weighted by atomic mass is 35.5. The highest BCUT2D eigenvalue weighted by molar-refractivity contribution is 7.92. The number of anilines is 1. The van der Waals surface area contributed by atoms with Crippen LogP contribution in [-0.4, -0.2) is 8.42 Å². The molecule has 0 unspecified atom stereocenters. The minimum absolute atomic E-state index is 0.130. The zero-order valence-electron chi connectivity index (χ0n) is 10.3. The SMILES string of the molecule is NCc1ccccc1S(=O)(=O)Nc1ccc(Cl)cc1Cl. The van der Waals surface area contributed by atoms with Gasteiger partial charge < -0.3 is 5.73 Å². The molecule has 0 bridgehead atoms. The Morgan fingerprint density at radius 2 is 1.80 bits per heavy atom. The van der Waals surface area contributed by atoms with E-state index in [0.717, 1.165) is 0 Å². The number of nitrogens with one attached hydrogen (secondary N) is 1. The molecule has 2 aromatic carbocycles. The molecule has 0 radical (unpaired) electrons. The zero-order chi connectivity index (χ0) is 14.8. The first-order valence-electron chi connectivity index (χ1n) is 5.70. The van der Waals surface area contributed by atoms with Gasteiger partial charge >= 0.3 is 0 Å². The summed E-state index contributed by atoms with van der Waals surface area (Å²) in [7, 11) is -3.75. The second-order valence-electron chi connectivity index (χ2n) is 4.04. The molecule has 0 heterocycles. The lowest BCUT2D eigenvalue weighted by Crippen LogP contribution is -2.16. The van der Waals surface area contributed by atoms with Crippen LogP contribution in [0.25, 0.3) is 0 Å². The van der Waals surface area contributed by atoms with Crippen molar-refractivity contribution in [2.75, 3.05) is 4.72 Å². The number of hydrogen-bond donors (Lipinski definition) is 2. The minimum atomic E-state index is -3.75. The Balaban J connectivity index is 2.41. The van der Waals surface area contributed by atoms with E-state index < -0.39 is 10.0 Å². The first-order valence-corrected chi connectivity index (χ1v) is 7.94. The van der Waals surface area contributed by atoms with Gasteiger partial charge in [0.05, 0.1) is 15.6 Å². The van der Waals surface area contributed by atoms with E-state index in [4.69, 9.17) is 28.9 Å². The normalized spacial score (nSPS) is 11.3. The van der Waals surface area contributed by atoms with E-state index in [1.165, 1.54) is 18.2 Å². The van der Waals surface area contributed by atoms with Crippen molar-refractivity contribution in [3.05, 3.63) is 58.1 Å². The molecule has 4 nitrogen and oxygen atoms in total. The number of halogens is 2. The van der Waals surface area contributed by atoms with Crippen LogP contribution in [0.3, 0.4) is 0 Å². The molecule has 7 heteroatoms. The number of nitrogens with two attached hydrogens (primary N) is 1. The van der Waals surface area contributed by atoms with Crippen LogP contribution >= 0.6 is 23.2 Å². The number of hydrogen-bond acceptors (Lipinski definition) is 3. The van der Waals surface area contributed by atoms with Gasteiger partial charge in [-0.2, -0.15) is 0 Å². The van der Waals surface area contributed by atoms with Gasteiger partial charge in [0.1, 0.15) is 0 Å². The summed E-state index contributed by atoms with van der Waals surface area (Å²) in [4.78, 5) is 0.133. The third-order valence-corrected chi connectivity index (χ3v) is 4.67. The van der Waals surface area contributed by atoms with Gasteiger partial charge in [0.2, 0.25) is 0 Å². The van der Waals surface area contributed by atoms with Gasteiger partial charge in [0.25, 0.3) is 10.0 Å². The van der Waals surface area contributed by atoms with Crippen LogP contribution < -0.4 is 10.5 Å². The Morgan fingerprint density at radius 1 is 1.10 bits per heavy atom. The molecule has 0 atom stereocenters. The molecular weight excluding hydrogens is 319 g/mol. The van der Waals surface area contributed by atoms with Gasteiger partial charge in [0.15, 0.2) is 0 Å². The molecule has 3 N–H and O–H groups in total. The van der Waals surface area contributed by atoms with Gasteiger partial charge in [-0.3, -0.25) is 4.72 Å². The summed E-state index contributed by atoms with van der Waals surface area (Å²) >= 11 is 11.7. The van der Waals surface area contributed by atoms with Crippen LogP contribution in [0.1, 0.15) is 5.56 Å². The summed E-state index contributed by atoms with van der Waals surface area (Å²) < 4.78 is 27.2. The molecule has 0 fully saturated rings. The maximum Gasteiger partial charge on any atom is 0.262 e.